The summed E-state index contributed by atoms with van der Waals surface area (Å²) in [4.78, 5) is 41.4. The summed E-state index contributed by atoms with van der Waals surface area (Å²) in [5.41, 5.74) is 3.79. The van der Waals surface area contributed by atoms with Gasteiger partial charge in [-0.05, 0) is 68.0 Å². The van der Waals surface area contributed by atoms with Crippen molar-refractivity contribution in [2.24, 2.45) is 0 Å². The van der Waals surface area contributed by atoms with E-state index in [-0.39, 0.29) is 30.2 Å². The number of halogens is 1. The molecule has 0 unspecified atom stereocenters. The van der Waals surface area contributed by atoms with Crippen molar-refractivity contribution in [1.82, 2.24) is 20.0 Å². The first kappa shape index (κ1) is 30.0. The van der Waals surface area contributed by atoms with Crippen LogP contribution >= 0.6 is 11.6 Å². The van der Waals surface area contributed by atoms with Crippen LogP contribution in [0.1, 0.15) is 71.9 Å². The predicted octanol–water partition coefficient (Wildman–Crippen LogP) is 6.18. The average molecular weight is 598 g/mol. The Morgan fingerprint density at radius 2 is 1.58 bits per heavy atom. The first-order valence-electron chi connectivity index (χ1n) is 14.6. The van der Waals surface area contributed by atoms with Crippen LogP contribution < -0.4 is 10.6 Å². The highest BCUT2D eigenvalue weighted by Crippen LogP contribution is 2.30. The van der Waals surface area contributed by atoms with Gasteiger partial charge in [-0.15, -0.1) is 0 Å². The normalized spacial score (nSPS) is 14.4. The van der Waals surface area contributed by atoms with Gasteiger partial charge in [0.15, 0.2) is 0 Å². The molecular weight excluding hydrogens is 562 g/mol. The second-order valence-corrected chi connectivity index (χ2v) is 11.5. The third-order valence-electron chi connectivity index (χ3n) is 7.80. The molecule has 3 amide bonds. The van der Waals surface area contributed by atoms with Crippen molar-refractivity contribution in [3.63, 3.8) is 0 Å². The fraction of sp³-hybridized carbons (Fsp3) is 0.294. The quantitative estimate of drug-likeness (QED) is 0.241. The molecule has 1 fully saturated rings. The molecule has 0 radical (unpaired) electrons. The van der Waals surface area contributed by atoms with Crippen LogP contribution in [0.5, 0.6) is 0 Å². The maximum absolute atomic E-state index is 13.5. The summed E-state index contributed by atoms with van der Waals surface area (Å²) in [5, 5.41) is 10.5. The fourth-order valence-electron chi connectivity index (χ4n) is 5.51. The lowest BCUT2D eigenvalue weighted by Crippen LogP contribution is -2.39. The summed E-state index contributed by atoms with van der Waals surface area (Å²) < 4.78 is 1.77. The number of hydrogen-bond donors (Lipinski definition) is 2. The minimum Gasteiger partial charge on any atom is -0.340 e. The lowest BCUT2D eigenvalue weighted by molar-refractivity contribution is -0.126. The van der Waals surface area contributed by atoms with Crippen molar-refractivity contribution in [2.45, 2.75) is 51.1 Å². The molecule has 0 aliphatic carbocycles. The van der Waals surface area contributed by atoms with Crippen LogP contribution in [0.25, 0.3) is 0 Å². The van der Waals surface area contributed by atoms with Crippen molar-refractivity contribution in [3.05, 3.63) is 119 Å². The Balaban J connectivity index is 1.21. The number of amides is 3. The topological polar surface area (TPSA) is 96.3 Å². The minimum absolute atomic E-state index is 0.0200. The zero-order valence-corrected chi connectivity index (χ0v) is 25.1. The maximum Gasteiger partial charge on any atom is 0.272 e. The predicted molar refractivity (Wildman–Crippen MR) is 168 cm³/mol. The van der Waals surface area contributed by atoms with E-state index < -0.39 is 6.04 Å². The number of nitrogens with one attached hydrogen (secondary N) is 2. The molecule has 0 saturated carbocycles. The smallest absolute Gasteiger partial charge is 0.272 e. The number of rotatable bonds is 9. The van der Waals surface area contributed by atoms with Gasteiger partial charge in [0.2, 0.25) is 5.91 Å². The van der Waals surface area contributed by atoms with Gasteiger partial charge in [0, 0.05) is 41.6 Å². The van der Waals surface area contributed by atoms with Crippen LogP contribution in [0.15, 0.2) is 91.1 Å². The van der Waals surface area contributed by atoms with Crippen LogP contribution in [0.3, 0.4) is 0 Å². The fourth-order valence-corrected chi connectivity index (χ4v) is 5.76. The summed E-state index contributed by atoms with van der Waals surface area (Å²) in [6.45, 7) is 5.38. The van der Waals surface area contributed by atoms with E-state index in [2.05, 4.69) is 15.7 Å². The Morgan fingerprint density at radius 1 is 0.907 bits per heavy atom. The lowest BCUT2D eigenvalue weighted by atomic mass is 9.89. The highest BCUT2D eigenvalue weighted by Gasteiger charge is 2.28. The van der Waals surface area contributed by atoms with E-state index in [0.717, 1.165) is 24.0 Å². The molecule has 3 aromatic carbocycles. The van der Waals surface area contributed by atoms with Crippen molar-refractivity contribution in [1.29, 1.82) is 0 Å². The number of piperidine rings is 1. The molecule has 1 aliphatic heterocycles. The van der Waals surface area contributed by atoms with Gasteiger partial charge < -0.3 is 15.5 Å². The van der Waals surface area contributed by atoms with Gasteiger partial charge >= 0.3 is 0 Å². The van der Waals surface area contributed by atoms with Gasteiger partial charge in [0.25, 0.3) is 11.8 Å². The minimum atomic E-state index is -0.960. The summed E-state index contributed by atoms with van der Waals surface area (Å²) in [6.07, 6.45) is 3.54. The van der Waals surface area contributed by atoms with Gasteiger partial charge in [0.05, 0.1) is 6.42 Å². The maximum atomic E-state index is 13.5. The van der Waals surface area contributed by atoms with E-state index in [1.807, 2.05) is 73.3 Å². The first-order chi connectivity index (χ1) is 20.8. The van der Waals surface area contributed by atoms with E-state index in [9.17, 15) is 14.4 Å². The van der Waals surface area contributed by atoms with Crippen LogP contribution in [-0.2, 0) is 16.0 Å². The number of likely N-dealkylation sites (tertiary alicyclic amines) is 1. The Kier molecular flexibility index (Phi) is 9.57. The average Bonchev–Trinajstić information content (AvgIpc) is 3.52. The molecule has 1 aliphatic rings. The zero-order chi connectivity index (χ0) is 30.3. The highest BCUT2D eigenvalue weighted by molar-refractivity contribution is 6.31. The Hall–Kier alpha value is -4.43. The molecule has 222 valence electrons. The summed E-state index contributed by atoms with van der Waals surface area (Å²) in [7, 11) is 0. The third kappa shape index (κ3) is 7.32. The molecule has 0 bridgehead atoms. The summed E-state index contributed by atoms with van der Waals surface area (Å²) in [5.74, 6) is -0.321. The van der Waals surface area contributed by atoms with Gasteiger partial charge in [-0.1, -0.05) is 72.3 Å². The Morgan fingerprint density at radius 3 is 2.26 bits per heavy atom. The van der Waals surface area contributed by atoms with Gasteiger partial charge in [-0.3, -0.25) is 19.1 Å². The van der Waals surface area contributed by atoms with Crippen LogP contribution in [0.2, 0.25) is 5.02 Å². The number of anilines is 1. The molecule has 9 heteroatoms. The van der Waals surface area contributed by atoms with Crippen molar-refractivity contribution in [3.8, 4) is 0 Å². The molecule has 8 nitrogen and oxygen atoms in total. The number of aromatic nitrogens is 2. The van der Waals surface area contributed by atoms with Crippen molar-refractivity contribution in [2.75, 3.05) is 18.4 Å². The summed E-state index contributed by atoms with van der Waals surface area (Å²) in [6, 6.07) is 25.1. The zero-order valence-electron chi connectivity index (χ0n) is 24.4. The van der Waals surface area contributed by atoms with Gasteiger partial charge in [-0.25, -0.2) is 0 Å². The Bertz CT molecular complexity index is 1560. The van der Waals surface area contributed by atoms with Crippen molar-refractivity contribution < 1.29 is 14.4 Å². The molecule has 2 N–H and O–H groups in total. The van der Waals surface area contributed by atoms with Crippen molar-refractivity contribution >= 4 is 35.0 Å². The molecule has 43 heavy (non-hydrogen) atoms. The number of carbonyl (C=O) groups excluding carboxylic acids is 3. The molecule has 1 atom stereocenters. The van der Waals surface area contributed by atoms with E-state index >= 15 is 0 Å². The van der Waals surface area contributed by atoms with E-state index in [1.54, 1.807) is 41.2 Å². The molecule has 1 aromatic heterocycles. The standard InChI is InChI=1S/C34H36ClN5O3/c1-23(2)40-30(16-19-36-40)34(43)39-20-17-26(18-21-39)25-12-14-27(15-13-25)37-33(42)32(28-10-6-7-11-29(28)35)38-31(41)22-24-8-4-3-5-9-24/h3-16,19,23,26,32H,17-18,20-22H2,1-2H3,(H,37,42)(H,38,41)/t32-/m1/s1. The number of benzene rings is 3. The second-order valence-electron chi connectivity index (χ2n) is 11.1. The van der Waals surface area contributed by atoms with Crippen LogP contribution in [0.4, 0.5) is 5.69 Å². The van der Waals surface area contributed by atoms with Crippen LogP contribution in [-0.4, -0.2) is 45.5 Å². The first-order valence-corrected chi connectivity index (χ1v) is 15.0. The number of carbonyl (C=O) groups is 3. The highest BCUT2D eigenvalue weighted by atomic mass is 35.5. The van der Waals surface area contributed by atoms with Gasteiger partial charge in [0.1, 0.15) is 11.7 Å². The SMILES string of the molecule is CC(C)n1nccc1C(=O)N1CCC(c2ccc(NC(=O)[C@H](NC(=O)Cc3ccccc3)c3ccccc3Cl)cc2)CC1. The van der Waals surface area contributed by atoms with E-state index in [0.29, 0.717) is 41.0 Å². The van der Waals surface area contributed by atoms with Crippen LogP contribution in [0, 0.1) is 0 Å². The molecule has 2 heterocycles. The molecule has 0 spiro atoms. The lowest BCUT2D eigenvalue weighted by Gasteiger charge is -2.32. The summed E-state index contributed by atoms with van der Waals surface area (Å²) >= 11 is 6.44. The molecular formula is C34H36ClN5O3. The third-order valence-corrected chi connectivity index (χ3v) is 8.15. The Labute approximate surface area is 257 Å². The molecule has 5 rings (SSSR count). The molecule has 4 aromatic rings. The van der Waals surface area contributed by atoms with E-state index in [1.165, 1.54) is 0 Å². The largest absolute Gasteiger partial charge is 0.340 e. The number of nitrogens with zero attached hydrogens (tertiary/aromatic N) is 3. The van der Waals surface area contributed by atoms with Gasteiger partial charge in [-0.2, -0.15) is 5.10 Å². The second kappa shape index (κ2) is 13.7. The molecule has 1 saturated heterocycles. The monoisotopic (exact) mass is 597 g/mol. The van der Waals surface area contributed by atoms with E-state index in [4.69, 9.17) is 11.6 Å². The number of hydrogen-bond acceptors (Lipinski definition) is 4.